The van der Waals surface area contributed by atoms with E-state index in [1.807, 2.05) is 13.0 Å². The summed E-state index contributed by atoms with van der Waals surface area (Å²) in [7, 11) is 0. The minimum atomic E-state index is -0.380. The molecule has 2 heterocycles. The van der Waals surface area contributed by atoms with Gasteiger partial charge >= 0.3 is 0 Å². The Bertz CT molecular complexity index is 643. The number of hydrogen-bond donors (Lipinski definition) is 1. The van der Waals surface area contributed by atoms with Crippen LogP contribution < -0.4 is 5.56 Å². The maximum absolute atomic E-state index is 12.3. The Morgan fingerprint density at radius 2 is 2.18 bits per heavy atom. The summed E-state index contributed by atoms with van der Waals surface area (Å²) in [6, 6.07) is 2.01. The van der Waals surface area contributed by atoms with Crippen LogP contribution >= 0.6 is 0 Å². The van der Waals surface area contributed by atoms with Crippen molar-refractivity contribution in [2.24, 2.45) is 5.92 Å². The number of likely N-dealkylation sites (tertiary alicyclic amines) is 1. The molecule has 0 spiro atoms. The molecule has 5 nitrogen and oxygen atoms in total. The lowest BCUT2D eigenvalue weighted by atomic mass is 9.98. The zero-order valence-electron chi connectivity index (χ0n) is 13.7. The number of aromatic hydroxyl groups is 1. The Labute approximate surface area is 131 Å². The average Bonchev–Trinajstić information content (AvgIpc) is 2.49. The molecule has 0 bridgehead atoms. The topological polar surface area (TPSA) is 69.3 Å². The minimum Gasteiger partial charge on any atom is -0.494 e. The molecule has 0 unspecified atom stereocenters. The Morgan fingerprint density at radius 1 is 1.45 bits per heavy atom. The molecule has 0 saturated carbocycles. The van der Waals surface area contributed by atoms with Crippen molar-refractivity contribution in [1.29, 1.82) is 5.26 Å². The highest BCUT2D eigenvalue weighted by molar-refractivity contribution is 5.45. The van der Waals surface area contributed by atoms with Gasteiger partial charge in [0, 0.05) is 25.2 Å². The van der Waals surface area contributed by atoms with Gasteiger partial charge in [-0.2, -0.15) is 5.26 Å². The molecule has 1 atom stereocenters. The molecular formula is C17H25N3O2. The zero-order valence-corrected chi connectivity index (χ0v) is 13.7. The summed E-state index contributed by atoms with van der Waals surface area (Å²) in [6.07, 6.45) is 3.13. The van der Waals surface area contributed by atoms with Gasteiger partial charge < -0.3 is 5.11 Å². The molecule has 1 fully saturated rings. The summed E-state index contributed by atoms with van der Waals surface area (Å²) in [6.45, 7) is 8.97. The highest BCUT2D eigenvalue weighted by Crippen LogP contribution is 2.26. The summed E-state index contributed by atoms with van der Waals surface area (Å²) < 4.78 is 1.34. The lowest BCUT2D eigenvalue weighted by Crippen LogP contribution is -2.35. The molecule has 1 aromatic rings. The van der Waals surface area contributed by atoms with Crippen LogP contribution in [0.1, 0.15) is 49.8 Å². The van der Waals surface area contributed by atoms with Gasteiger partial charge in [0.05, 0.1) is 0 Å². The van der Waals surface area contributed by atoms with E-state index in [1.165, 1.54) is 11.0 Å². The van der Waals surface area contributed by atoms with Gasteiger partial charge in [-0.3, -0.25) is 14.3 Å². The first kappa shape index (κ1) is 16.6. The molecule has 2 rings (SSSR count). The Kier molecular flexibility index (Phi) is 5.25. The van der Waals surface area contributed by atoms with Crippen molar-refractivity contribution >= 4 is 0 Å². The second kappa shape index (κ2) is 6.97. The van der Waals surface area contributed by atoms with Gasteiger partial charge in [-0.25, -0.2) is 0 Å². The highest BCUT2D eigenvalue weighted by Gasteiger charge is 2.23. The normalized spacial score (nSPS) is 19.1. The smallest absolute Gasteiger partial charge is 0.271 e. The molecule has 5 heteroatoms. The van der Waals surface area contributed by atoms with Crippen molar-refractivity contribution in [2.75, 3.05) is 13.1 Å². The number of hydrogen-bond acceptors (Lipinski definition) is 4. The second-order valence-electron chi connectivity index (χ2n) is 6.35. The van der Waals surface area contributed by atoms with Crippen LogP contribution in [-0.4, -0.2) is 27.7 Å². The first-order chi connectivity index (χ1) is 10.5. The summed E-state index contributed by atoms with van der Waals surface area (Å²) in [5, 5.41) is 19.8. The van der Waals surface area contributed by atoms with Crippen LogP contribution in [0.25, 0.3) is 0 Å². The van der Waals surface area contributed by atoms with E-state index in [4.69, 9.17) is 0 Å². The number of nitriles is 1. The lowest BCUT2D eigenvalue weighted by Gasteiger charge is -2.31. The minimum absolute atomic E-state index is 0.0292. The van der Waals surface area contributed by atoms with Crippen molar-refractivity contribution in [2.45, 2.75) is 53.1 Å². The molecule has 22 heavy (non-hydrogen) atoms. The van der Waals surface area contributed by atoms with Crippen molar-refractivity contribution in [3.63, 3.8) is 0 Å². The van der Waals surface area contributed by atoms with Crippen molar-refractivity contribution in [3.8, 4) is 11.9 Å². The summed E-state index contributed by atoms with van der Waals surface area (Å²) in [5.41, 5.74) is 1.12. The predicted molar refractivity (Wildman–Crippen MR) is 85.8 cm³/mol. The molecule has 1 aromatic heterocycles. The molecule has 1 N–H and O–H groups in total. The fourth-order valence-electron chi connectivity index (χ4n) is 3.28. The van der Waals surface area contributed by atoms with Crippen LogP contribution in [-0.2, 0) is 13.1 Å². The van der Waals surface area contributed by atoms with Gasteiger partial charge in [-0.1, -0.05) is 13.8 Å². The van der Waals surface area contributed by atoms with Crippen LogP contribution in [0.2, 0.25) is 0 Å². The van der Waals surface area contributed by atoms with E-state index in [2.05, 4.69) is 11.8 Å². The number of pyridine rings is 1. The third kappa shape index (κ3) is 3.17. The van der Waals surface area contributed by atoms with Crippen molar-refractivity contribution < 1.29 is 5.11 Å². The number of piperidine rings is 1. The first-order valence-electron chi connectivity index (χ1n) is 8.07. The fraction of sp³-hybridized carbons (Fsp3) is 0.647. The van der Waals surface area contributed by atoms with Gasteiger partial charge in [0.15, 0.2) is 5.88 Å². The average molecular weight is 303 g/mol. The van der Waals surface area contributed by atoms with Gasteiger partial charge in [0.25, 0.3) is 5.56 Å². The van der Waals surface area contributed by atoms with E-state index in [0.29, 0.717) is 24.6 Å². The molecule has 0 amide bonds. The first-order valence-corrected chi connectivity index (χ1v) is 8.07. The highest BCUT2D eigenvalue weighted by atomic mass is 16.3. The second-order valence-corrected chi connectivity index (χ2v) is 6.35. The molecule has 0 aliphatic carbocycles. The van der Waals surface area contributed by atoms with E-state index in [0.717, 1.165) is 31.5 Å². The van der Waals surface area contributed by atoms with Crippen LogP contribution in [0, 0.1) is 24.2 Å². The van der Waals surface area contributed by atoms with Crippen molar-refractivity contribution in [1.82, 2.24) is 9.47 Å². The lowest BCUT2D eigenvalue weighted by molar-refractivity contribution is 0.173. The predicted octanol–water partition coefficient (Wildman–Crippen LogP) is 2.38. The van der Waals surface area contributed by atoms with E-state index < -0.39 is 0 Å². The molecule has 1 aliphatic rings. The van der Waals surface area contributed by atoms with Crippen molar-refractivity contribution in [3.05, 3.63) is 27.0 Å². The summed E-state index contributed by atoms with van der Waals surface area (Å²) >= 11 is 0. The van der Waals surface area contributed by atoms with Gasteiger partial charge in [-0.05, 0) is 44.2 Å². The standard InChI is InChI=1S/C17H25N3O2/c1-4-7-20-16(21)14(9-18)13(3)15(17(20)22)11-19-8-5-6-12(2)10-19/h12,22H,4-8,10-11H2,1-3H3/t12-/m1/s1. The molecule has 120 valence electrons. The number of rotatable bonds is 4. The number of nitrogens with zero attached hydrogens (tertiary/aromatic N) is 3. The largest absolute Gasteiger partial charge is 0.494 e. The maximum atomic E-state index is 12.3. The van der Waals surface area contributed by atoms with E-state index >= 15 is 0 Å². The van der Waals surface area contributed by atoms with Gasteiger partial charge in [0.1, 0.15) is 11.6 Å². The Morgan fingerprint density at radius 3 is 2.77 bits per heavy atom. The van der Waals surface area contributed by atoms with Crippen LogP contribution in [0.3, 0.4) is 0 Å². The quantitative estimate of drug-likeness (QED) is 0.927. The summed E-state index contributed by atoms with van der Waals surface area (Å²) in [4.78, 5) is 14.6. The van der Waals surface area contributed by atoms with Crippen LogP contribution in [0.15, 0.2) is 4.79 Å². The van der Waals surface area contributed by atoms with Gasteiger partial charge in [-0.15, -0.1) is 0 Å². The zero-order chi connectivity index (χ0) is 16.3. The molecule has 1 aliphatic heterocycles. The monoisotopic (exact) mass is 303 g/mol. The Balaban J connectivity index is 2.44. The third-order valence-electron chi connectivity index (χ3n) is 4.49. The van der Waals surface area contributed by atoms with E-state index in [1.54, 1.807) is 6.92 Å². The van der Waals surface area contributed by atoms with E-state index in [-0.39, 0.29) is 17.0 Å². The maximum Gasteiger partial charge on any atom is 0.271 e. The molecule has 0 radical (unpaired) electrons. The van der Waals surface area contributed by atoms with E-state index in [9.17, 15) is 15.2 Å². The summed E-state index contributed by atoms with van der Waals surface area (Å²) in [5.74, 6) is 0.676. The van der Waals surface area contributed by atoms with Gasteiger partial charge in [0.2, 0.25) is 0 Å². The SMILES string of the molecule is CCCn1c(O)c(CN2CCC[C@@H](C)C2)c(C)c(C#N)c1=O. The third-order valence-corrected chi connectivity index (χ3v) is 4.49. The molecule has 0 aromatic carbocycles. The van der Waals surface area contributed by atoms with Crippen LogP contribution in [0.4, 0.5) is 0 Å². The molecular weight excluding hydrogens is 278 g/mol. The number of aromatic nitrogens is 1. The fourth-order valence-corrected chi connectivity index (χ4v) is 3.28. The Hall–Kier alpha value is -1.80. The van der Waals surface area contributed by atoms with Crippen LogP contribution in [0.5, 0.6) is 5.88 Å². The molecule has 1 saturated heterocycles.